The van der Waals surface area contributed by atoms with Crippen LogP contribution in [0.15, 0.2) is 0 Å². The lowest BCUT2D eigenvalue weighted by atomic mass is 9.84. The van der Waals surface area contributed by atoms with Gasteiger partial charge in [0.15, 0.2) is 0 Å². The van der Waals surface area contributed by atoms with Gasteiger partial charge in [0.25, 0.3) is 0 Å². The molecule has 3 atom stereocenters. The fourth-order valence-electron chi connectivity index (χ4n) is 2.73. The third-order valence-corrected chi connectivity index (χ3v) is 3.63. The first-order valence-corrected chi connectivity index (χ1v) is 4.51. The molecule has 0 heterocycles. The van der Waals surface area contributed by atoms with Crippen molar-refractivity contribution in [1.29, 1.82) is 0 Å². The van der Waals surface area contributed by atoms with E-state index in [9.17, 15) is 0 Å². The normalized spacial score (nSPS) is 48.0. The summed E-state index contributed by atoms with van der Waals surface area (Å²) in [4.78, 5) is 0. The van der Waals surface area contributed by atoms with Gasteiger partial charge in [-0.3, -0.25) is 0 Å². The zero-order chi connectivity index (χ0) is 7.19. The summed E-state index contributed by atoms with van der Waals surface area (Å²) in [5, 5.41) is 0. The van der Waals surface area contributed by atoms with Gasteiger partial charge in [0.1, 0.15) is 0 Å². The SMILES string of the molecule is C[C@H](N)[C@]12CCCC[C@@H]1C2. The number of nitrogens with two attached hydrogens (primary N) is 1. The molecule has 1 heteroatoms. The quantitative estimate of drug-likeness (QED) is 0.590. The minimum absolute atomic E-state index is 0.456. The van der Waals surface area contributed by atoms with Crippen molar-refractivity contribution in [3.05, 3.63) is 0 Å². The summed E-state index contributed by atoms with van der Waals surface area (Å²) in [5.74, 6) is 1.02. The standard InChI is InChI=1S/C9H17N/c1-7(10)9-5-3-2-4-8(9)6-9/h7-8H,2-6,10H2,1H3/t7-,8+,9+/m0/s1. The van der Waals surface area contributed by atoms with E-state index in [-0.39, 0.29) is 0 Å². The molecule has 0 aromatic heterocycles. The van der Waals surface area contributed by atoms with Crippen LogP contribution in [0.25, 0.3) is 0 Å². The number of fused-ring (bicyclic) bond motifs is 1. The topological polar surface area (TPSA) is 26.0 Å². The first-order valence-electron chi connectivity index (χ1n) is 4.51. The zero-order valence-electron chi connectivity index (χ0n) is 6.77. The van der Waals surface area contributed by atoms with Crippen LogP contribution in [-0.4, -0.2) is 6.04 Å². The van der Waals surface area contributed by atoms with Crippen LogP contribution in [0.3, 0.4) is 0 Å². The van der Waals surface area contributed by atoms with Crippen molar-refractivity contribution in [2.45, 2.75) is 45.1 Å². The van der Waals surface area contributed by atoms with Gasteiger partial charge in [-0.2, -0.15) is 0 Å². The lowest BCUT2D eigenvalue weighted by Crippen LogP contribution is -2.31. The molecule has 0 saturated heterocycles. The Bertz CT molecular complexity index is 142. The van der Waals surface area contributed by atoms with Gasteiger partial charge in [-0.1, -0.05) is 12.8 Å². The Labute approximate surface area is 63.0 Å². The van der Waals surface area contributed by atoms with E-state index in [0.717, 1.165) is 5.92 Å². The van der Waals surface area contributed by atoms with E-state index in [4.69, 9.17) is 5.73 Å². The monoisotopic (exact) mass is 139 g/mol. The van der Waals surface area contributed by atoms with Crippen molar-refractivity contribution in [3.63, 3.8) is 0 Å². The Hall–Kier alpha value is -0.0400. The van der Waals surface area contributed by atoms with E-state index in [2.05, 4.69) is 6.92 Å². The molecule has 0 aromatic carbocycles. The number of hydrogen-bond acceptors (Lipinski definition) is 1. The molecule has 2 N–H and O–H groups in total. The van der Waals surface area contributed by atoms with Crippen LogP contribution in [0.2, 0.25) is 0 Å². The van der Waals surface area contributed by atoms with Crippen molar-refractivity contribution in [3.8, 4) is 0 Å². The van der Waals surface area contributed by atoms with Crippen LogP contribution in [-0.2, 0) is 0 Å². The highest BCUT2D eigenvalue weighted by Crippen LogP contribution is 2.62. The summed E-state index contributed by atoms with van der Waals surface area (Å²) >= 11 is 0. The van der Waals surface area contributed by atoms with Gasteiger partial charge in [-0.05, 0) is 37.5 Å². The van der Waals surface area contributed by atoms with Crippen molar-refractivity contribution in [2.75, 3.05) is 0 Å². The summed E-state index contributed by atoms with van der Waals surface area (Å²) in [6, 6.07) is 0.456. The zero-order valence-corrected chi connectivity index (χ0v) is 6.77. The Morgan fingerprint density at radius 1 is 1.50 bits per heavy atom. The van der Waals surface area contributed by atoms with E-state index in [1.54, 1.807) is 0 Å². The van der Waals surface area contributed by atoms with Gasteiger partial charge in [0.2, 0.25) is 0 Å². The number of hydrogen-bond donors (Lipinski definition) is 1. The van der Waals surface area contributed by atoms with Crippen LogP contribution in [0.5, 0.6) is 0 Å². The first-order chi connectivity index (χ1) is 4.76. The molecule has 0 amide bonds. The summed E-state index contributed by atoms with van der Waals surface area (Å²) in [6.45, 7) is 2.19. The molecular formula is C9H17N. The van der Waals surface area contributed by atoms with E-state index < -0.39 is 0 Å². The van der Waals surface area contributed by atoms with E-state index in [1.807, 2.05) is 0 Å². The lowest BCUT2D eigenvalue weighted by molar-refractivity contribution is 0.292. The van der Waals surface area contributed by atoms with Crippen molar-refractivity contribution < 1.29 is 0 Å². The fourth-order valence-corrected chi connectivity index (χ4v) is 2.73. The van der Waals surface area contributed by atoms with Crippen molar-refractivity contribution in [1.82, 2.24) is 0 Å². The maximum absolute atomic E-state index is 5.94. The third kappa shape index (κ3) is 0.731. The molecule has 2 rings (SSSR count). The average molecular weight is 139 g/mol. The molecule has 0 bridgehead atoms. The van der Waals surface area contributed by atoms with E-state index in [1.165, 1.54) is 32.1 Å². The lowest BCUT2D eigenvalue weighted by Gasteiger charge is -2.25. The van der Waals surface area contributed by atoms with Crippen LogP contribution in [0.4, 0.5) is 0 Å². The molecular weight excluding hydrogens is 122 g/mol. The highest BCUT2D eigenvalue weighted by atomic mass is 14.8. The second-order valence-electron chi connectivity index (χ2n) is 4.17. The smallest absolute Gasteiger partial charge is 0.00697 e. The van der Waals surface area contributed by atoms with E-state index >= 15 is 0 Å². The van der Waals surface area contributed by atoms with E-state index in [0.29, 0.717) is 11.5 Å². The largest absolute Gasteiger partial charge is 0.327 e. The van der Waals surface area contributed by atoms with Crippen LogP contribution >= 0.6 is 0 Å². The molecule has 2 saturated carbocycles. The number of rotatable bonds is 1. The Kier molecular flexibility index (Phi) is 1.31. The molecule has 58 valence electrons. The van der Waals surface area contributed by atoms with Crippen LogP contribution in [0.1, 0.15) is 39.0 Å². The van der Waals surface area contributed by atoms with Crippen LogP contribution < -0.4 is 5.73 Å². The van der Waals surface area contributed by atoms with Crippen LogP contribution in [0, 0.1) is 11.3 Å². The Balaban J connectivity index is 2.05. The fraction of sp³-hybridized carbons (Fsp3) is 1.00. The molecule has 0 aromatic rings. The molecule has 0 aliphatic heterocycles. The van der Waals surface area contributed by atoms with Crippen molar-refractivity contribution >= 4 is 0 Å². The Morgan fingerprint density at radius 2 is 2.30 bits per heavy atom. The average Bonchev–Trinajstić information content (AvgIpc) is 2.61. The highest BCUT2D eigenvalue weighted by Gasteiger charge is 2.56. The van der Waals surface area contributed by atoms with Gasteiger partial charge in [0.05, 0.1) is 0 Å². The molecule has 0 radical (unpaired) electrons. The summed E-state index contributed by atoms with van der Waals surface area (Å²) < 4.78 is 0. The molecule has 0 spiro atoms. The predicted octanol–water partition coefficient (Wildman–Crippen LogP) is 1.91. The third-order valence-electron chi connectivity index (χ3n) is 3.63. The molecule has 0 unspecified atom stereocenters. The van der Waals surface area contributed by atoms with Crippen molar-refractivity contribution in [2.24, 2.45) is 17.1 Å². The molecule has 1 nitrogen and oxygen atoms in total. The minimum atomic E-state index is 0.456. The second-order valence-corrected chi connectivity index (χ2v) is 4.17. The van der Waals surface area contributed by atoms with Gasteiger partial charge in [0, 0.05) is 6.04 Å². The molecule has 2 aliphatic carbocycles. The second kappa shape index (κ2) is 1.97. The molecule has 2 fully saturated rings. The van der Waals surface area contributed by atoms with Gasteiger partial charge in [-0.15, -0.1) is 0 Å². The summed E-state index contributed by atoms with van der Waals surface area (Å²) in [5.41, 5.74) is 6.57. The molecule has 2 aliphatic rings. The highest BCUT2D eigenvalue weighted by molar-refractivity contribution is 5.08. The van der Waals surface area contributed by atoms with Gasteiger partial charge < -0.3 is 5.73 Å². The maximum atomic E-state index is 5.94. The molecule has 10 heavy (non-hydrogen) atoms. The summed E-state index contributed by atoms with van der Waals surface area (Å²) in [6.07, 6.45) is 7.19. The van der Waals surface area contributed by atoms with Gasteiger partial charge in [-0.25, -0.2) is 0 Å². The Morgan fingerprint density at radius 3 is 2.80 bits per heavy atom. The van der Waals surface area contributed by atoms with Gasteiger partial charge >= 0.3 is 0 Å². The minimum Gasteiger partial charge on any atom is -0.327 e. The first kappa shape index (κ1) is 6.66. The summed E-state index contributed by atoms with van der Waals surface area (Å²) in [7, 11) is 0. The predicted molar refractivity (Wildman–Crippen MR) is 42.7 cm³/mol. The maximum Gasteiger partial charge on any atom is 0.00697 e.